The van der Waals surface area contributed by atoms with Gasteiger partial charge in [-0.1, -0.05) is 61.2 Å². The van der Waals surface area contributed by atoms with Gasteiger partial charge in [0.25, 0.3) is 0 Å². The Balaban J connectivity index is 1.89. The van der Waals surface area contributed by atoms with Gasteiger partial charge >= 0.3 is 12.0 Å². The molecule has 1 N–H and O–H groups in total. The fraction of sp³-hybridized carbons (Fsp3) is 0.160. The monoisotopic (exact) mass is 428 g/mol. The minimum absolute atomic E-state index is 0.0782. The minimum Gasteiger partial charge on any atom is -0.458 e. The molecule has 0 fully saturated rings. The average molecular weight is 428 g/mol. The zero-order valence-electron chi connectivity index (χ0n) is 18.0. The minimum atomic E-state index is -0.719. The van der Waals surface area contributed by atoms with Crippen LogP contribution < -0.4 is 5.32 Å². The molecule has 3 aromatic rings. The summed E-state index contributed by atoms with van der Waals surface area (Å²) in [5.41, 5.74) is 4.00. The highest BCUT2D eigenvalue weighted by molar-refractivity contribution is 5.95. The maximum atomic E-state index is 13.0. The number of amides is 2. The number of rotatable bonds is 6. The van der Waals surface area contributed by atoms with E-state index in [1.165, 1.54) is 11.0 Å². The van der Waals surface area contributed by atoms with Gasteiger partial charge in [-0.2, -0.15) is 5.10 Å². The summed E-state index contributed by atoms with van der Waals surface area (Å²) in [6, 6.07) is 18.3. The summed E-state index contributed by atoms with van der Waals surface area (Å²) in [6.07, 6.45) is 3.36. The van der Waals surface area contributed by atoms with E-state index in [4.69, 9.17) is 9.84 Å². The Morgan fingerprint density at radius 3 is 2.47 bits per heavy atom. The van der Waals surface area contributed by atoms with E-state index in [-0.39, 0.29) is 12.6 Å². The predicted molar refractivity (Wildman–Crippen MR) is 122 cm³/mol. The quantitative estimate of drug-likeness (QED) is 0.471. The molecule has 162 valence electrons. The Kier molecular flexibility index (Phi) is 5.89. The highest BCUT2D eigenvalue weighted by Crippen LogP contribution is 2.36. The third-order valence-corrected chi connectivity index (χ3v) is 5.43. The molecule has 2 aromatic carbocycles. The van der Waals surface area contributed by atoms with E-state index in [1.807, 2.05) is 66.9 Å². The Morgan fingerprint density at radius 1 is 1.16 bits per heavy atom. The molecule has 0 radical (unpaired) electrons. The van der Waals surface area contributed by atoms with E-state index in [9.17, 15) is 9.59 Å². The van der Waals surface area contributed by atoms with Crippen molar-refractivity contribution in [3.05, 3.63) is 96.3 Å². The van der Waals surface area contributed by atoms with Crippen molar-refractivity contribution in [3.8, 4) is 16.9 Å². The van der Waals surface area contributed by atoms with E-state index in [1.54, 1.807) is 18.7 Å². The molecular weight excluding hydrogens is 404 g/mol. The Morgan fingerprint density at radius 2 is 1.81 bits per heavy atom. The number of nitrogens with zero attached hydrogens (tertiary/aromatic N) is 3. The number of esters is 1. The lowest BCUT2D eigenvalue weighted by Gasteiger charge is -2.33. The van der Waals surface area contributed by atoms with E-state index in [0.717, 1.165) is 11.3 Å². The van der Waals surface area contributed by atoms with Gasteiger partial charge in [-0.15, -0.1) is 0 Å². The lowest BCUT2D eigenvalue weighted by Crippen LogP contribution is -2.46. The van der Waals surface area contributed by atoms with Crippen LogP contribution in [0.2, 0.25) is 0 Å². The summed E-state index contributed by atoms with van der Waals surface area (Å²) in [7, 11) is 1.62. The molecular formula is C25H24N4O3. The maximum Gasteiger partial charge on any atom is 0.338 e. The van der Waals surface area contributed by atoms with E-state index < -0.39 is 12.0 Å². The Hall–Kier alpha value is -4.13. The summed E-state index contributed by atoms with van der Waals surface area (Å²) >= 11 is 0. The second kappa shape index (κ2) is 8.93. The Labute approximate surface area is 186 Å². The molecule has 2 amide bonds. The third-order valence-electron chi connectivity index (χ3n) is 5.43. The molecule has 1 atom stereocenters. The topological polar surface area (TPSA) is 76.5 Å². The molecule has 0 aliphatic carbocycles. The van der Waals surface area contributed by atoms with Crippen LogP contribution in [0.5, 0.6) is 0 Å². The lowest BCUT2D eigenvalue weighted by molar-refractivity contribution is -0.138. The number of urea groups is 1. The van der Waals surface area contributed by atoms with Gasteiger partial charge in [0.1, 0.15) is 6.61 Å². The normalized spacial score (nSPS) is 16.0. The zero-order valence-corrected chi connectivity index (χ0v) is 18.0. The second-order valence-electron chi connectivity index (χ2n) is 7.41. The van der Waals surface area contributed by atoms with Gasteiger partial charge in [0, 0.05) is 30.1 Å². The van der Waals surface area contributed by atoms with Crippen LogP contribution in [0.15, 0.2) is 90.8 Å². The van der Waals surface area contributed by atoms with Crippen molar-refractivity contribution in [1.29, 1.82) is 0 Å². The molecule has 1 aliphatic rings. The Bertz CT molecular complexity index is 1180. The van der Waals surface area contributed by atoms with E-state index >= 15 is 0 Å². The van der Waals surface area contributed by atoms with Crippen molar-refractivity contribution in [2.45, 2.75) is 13.0 Å². The first-order valence-corrected chi connectivity index (χ1v) is 10.2. The first-order valence-electron chi connectivity index (χ1n) is 10.2. The van der Waals surface area contributed by atoms with Gasteiger partial charge in [-0.3, -0.25) is 0 Å². The molecule has 2 heterocycles. The number of ether oxygens (including phenoxy) is 1. The molecule has 0 saturated carbocycles. The highest BCUT2D eigenvalue weighted by atomic mass is 16.5. The molecule has 4 rings (SSSR count). The largest absolute Gasteiger partial charge is 0.458 e. The number of carbonyl (C=O) groups is 2. The molecule has 1 aromatic heterocycles. The van der Waals surface area contributed by atoms with Gasteiger partial charge in [0.15, 0.2) is 0 Å². The molecule has 1 aliphatic heterocycles. The van der Waals surface area contributed by atoms with Gasteiger partial charge in [0.05, 0.1) is 23.0 Å². The summed E-state index contributed by atoms with van der Waals surface area (Å²) in [5.74, 6) is -0.509. The van der Waals surface area contributed by atoms with Crippen molar-refractivity contribution in [3.63, 3.8) is 0 Å². The van der Waals surface area contributed by atoms with Crippen molar-refractivity contribution >= 4 is 12.0 Å². The predicted octanol–water partition coefficient (Wildman–Crippen LogP) is 4.24. The van der Waals surface area contributed by atoms with E-state index in [0.29, 0.717) is 22.5 Å². The van der Waals surface area contributed by atoms with Crippen molar-refractivity contribution in [1.82, 2.24) is 20.0 Å². The van der Waals surface area contributed by atoms with Crippen molar-refractivity contribution in [2.75, 3.05) is 13.7 Å². The summed E-state index contributed by atoms with van der Waals surface area (Å²) in [6.45, 7) is 5.42. The van der Waals surface area contributed by atoms with Crippen LogP contribution in [0.4, 0.5) is 4.79 Å². The SMILES string of the molecule is C=CCOC(=O)C1=C(C)N(C)C(=O)NC1c1cn(-c2ccccc2)nc1-c1ccccc1. The van der Waals surface area contributed by atoms with Gasteiger partial charge in [-0.25, -0.2) is 14.3 Å². The second-order valence-corrected chi connectivity index (χ2v) is 7.41. The number of hydrogen-bond donors (Lipinski definition) is 1. The summed E-state index contributed by atoms with van der Waals surface area (Å²) in [5, 5.41) is 7.76. The van der Waals surface area contributed by atoms with E-state index in [2.05, 4.69) is 11.9 Å². The number of hydrogen-bond acceptors (Lipinski definition) is 4. The molecule has 7 heteroatoms. The van der Waals surface area contributed by atoms with Crippen LogP contribution in [0, 0.1) is 0 Å². The standard InChI is InChI=1S/C25H24N4O3/c1-4-15-32-24(30)21-17(2)28(3)25(31)26-23(21)20-16-29(19-13-9-6-10-14-19)27-22(20)18-11-7-5-8-12-18/h4-14,16,23H,1,15H2,2-3H3,(H,26,31). The number of carbonyl (C=O) groups excluding carboxylic acids is 2. The van der Waals surface area contributed by atoms with Crippen molar-refractivity contribution < 1.29 is 14.3 Å². The average Bonchev–Trinajstić information content (AvgIpc) is 3.27. The van der Waals surface area contributed by atoms with Gasteiger partial charge < -0.3 is 15.0 Å². The number of aromatic nitrogens is 2. The van der Waals surface area contributed by atoms with Crippen LogP contribution >= 0.6 is 0 Å². The van der Waals surface area contributed by atoms with Crippen LogP contribution in [0.3, 0.4) is 0 Å². The number of para-hydroxylation sites is 1. The van der Waals surface area contributed by atoms with Crippen LogP contribution in [-0.4, -0.2) is 40.3 Å². The van der Waals surface area contributed by atoms with Crippen LogP contribution in [0.1, 0.15) is 18.5 Å². The van der Waals surface area contributed by atoms with Gasteiger partial charge in [-0.05, 0) is 19.1 Å². The summed E-state index contributed by atoms with van der Waals surface area (Å²) < 4.78 is 7.11. The molecule has 0 saturated heterocycles. The smallest absolute Gasteiger partial charge is 0.338 e. The molecule has 32 heavy (non-hydrogen) atoms. The number of allylic oxidation sites excluding steroid dienone is 1. The first kappa shape index (κ1) is 21.1. The van der Waals surface area contributed by atoms with Crippen LogP contribution in [0.25, 0.3) is 16.9 Å². The fourth-order valence-corrected chi connectivity index (χ4v) is 3.68. The maximum absolute atomic E-state index is 13.0. The molecule has 7 nitrogen and oxygen atoms in total. The summed E-state index contributed by atoms with van der Waals surface area (Å²) in [4.78, 5) is 27.1. The highest BCUT2D eigenvalue weighted by Gasteiger charge is 2.37. The van der Waals surface area contributed by atoms with Crippen molar-refractivity contribution in [2.24, 2.45) is 0 Å². The van der Waals surface area contributed by atoms with Crippen LogP contribution in [-0.2, 0) is 9.53 Å². The fourth-order valence-electron chi connectivity index (χ4n) is 3.68. The molecule has 0 spiro atoms. The lowest BCUT2D eigenvalue weighted by atomic mass is 9.93. The van der Waals surface area contributed by atoms with Gasteiger partial charge in [0.2, 0.25) is 0 Å². The number of nitrogens with one attached hydrogen (secondary N) is 1. The zero-order chi connectivity index (χ0) is 22.7. The molecule has 1 unspecified atom stereocenters. The molecule has 0 bridgehead atoms. The number of benzene rings is 2. The first-order chi connectivity index (χ1) is 15.5. The third kappa shape index (κ3) is 3.92.